The summed E-state index contributed by atoms with van der Waals surface area (Å²) >= 11 is 7.53. The number of furan rings is 1. The van der Waals surface area contributed by atoms with Crippen molar-refractivity contribution in [2.75, 3.05) is 5.32 Å². The summed E-state index contributed by atoms with van der Waals surface area (Å²) in [5.74, 6) is -0.139. The molecule has 3 rings (SSSR count). The van der Waals surface area contributed by atoms with Crippen LogP contribution < -0.4 is 10.6 Å². The minimum atomic E-state index is -0.372. The lowest BCUT2D eigenvalue weighted by atomic mass is 10.1. The molecule has 3 aromatic rings. The fourth-order valence-corrected chi connectivity index (χ4v) is 3.15. The number of fused-ring (bicyclic) bond motifs is 1. The molecule has 0 unspecified atom stereocenters. The van der Waals surface area contributed by atoms with Gasteiger partial charge in [-0.25, -0.2) is 0 Å². The molecule has 0 aliphatic heterocycles. The Hall–Kier alpha value is -1.93. The Morgan fingerprint density at radius 3 is 2.62 bits per heavy atom. The highest BCUT2D eigenvalue weighted by molar-refractivity contribution is 14.1. The van der Waals surface area contributed by atoms with Crippen LogP contribution >= 0.6 is 34.8 Å². The third-order valence-electron chi connectivity index (χ3n) is 3.63. The lowest BCUT2D eigenvalue weighted by Crippen LogP contribution is -2.34. The van der Waals surface area contributed by atoms with Gasteiger partial charge in [0.15, 0.2) is 10.9 Å². The number of halogens is 1. The topological polar surface area (TPSA) is 54.3 Å². The van der Waals surface area contributed by atoms with E-state index in [1.54, 1.807) is 6.07 Å². The zero-order valence-electron chi connectivity index (χ0n) is 13.1. The van der Waals surface area contributed by atoms with Gasteiger partial charge in [0.1, 0.15) is 5.58 Å². The van der Waals surface area contributed by atoms with Crippen molar-refractivity contribution in [1.29, 1.82) is 0 Å². The van der Waals surface area contributed by atoms with Gasteiger partial charge in [0.2, 0.25) is 0 Å². The molecule has 2 N–H and O–H groups in total. The number of para-hydroxylation sites is 1. The van der Waals surface area contributed by atoms with Crippen molar-refractivity contribution in [3.8, 4) is 0 Å². The molecule has 0 fully saturated rings. The largest absolute Gasteiger partial charge is 0.451 e. The third-order valence-corrected chi connectivity index (χ3v) is 5.00. The van der Waals surface area contributed by atoms with E-state index >= 15 is 0 Å². The highest BCUT2D eigenvalue weighted by atomic mass is 127. The number of rotatable bonds is 2. The van der Waals surface area contributed by atoms with Crippen molar-refractivity contribution in [3.05, 3.63) is 62.9 Å². The average molecular weight is 450 g/mol. The molecule has 0 spiro atoms. The Kier molecular flexibility index (Phi) is 4.86. The molecule has 0 aliphatic carbocycles. The van der Waals surface area contributed by atoms with Crippen molar-refractivity contribution >= 4 is 62.5 Å². The van der Waals surface area contributed by atoms with Crippen LogP contribution in [0.1, 0.15) is 21.7 Å². The summed E-state index contributed by atoms with van der Waals surface area (Å²) in [5, 5.41) is 6.84. The highest BCUT2D eigenvalue weighted by Crippen LogP contribution is 2.22. The Bertz CT molecular complexity index is 916. The fraction of sp³-hybridized carbons (Fsp3) is 0.111. The normalized spacial score (nSPS) is 10.6. The molecule has 122 valence electrons. The molecule has 0 bridgehead atoms. The molecular formula is C18H15IN2O2S. The van der Waals surface area contributed by atoms with Crippen molar-refractivity contribution in [3.63, 3.8) is 0 Å². The van der Waals surface area contributed by atoms with E-state index in [9.17, 15) is 4.79 Å². The van der Waals surface area contributed by atoms with Gasteiger partial charge >= 0.3 is 0 Å². The highest BCUT2D eigenvalue weighted by Gasteiger charge is 2.14. The van der Waals surface area contributed by atoms with Gasteiger partial charge in [-0.2, -0.15) is 0 Å². The molecule has 0 radical (unpaired) electrons. The summed E-state index contributed by atoms with van der Waals surface area (Å²) in [5.41, 5.74) is 3.76. The number of hydrogen-bond acceptors (Lipinski definition) is 3. The first-order valence-electron chi connectivity index (χ1n) is 7.31. The SMILES string of the molecule is Cc1cc(NC(=S)NC(=O)c2cc3ccccc3o2)c(C)cc1I. The minimum Gasteiger partial charge on any atom is -0.451 e. The van der Waals surface area contributed by atoms with E-state index in [1.165, 1.54) is 3.57 Å². The van der Waals surface area contributed by atoms with Gasteiger partial charge in [-0.1, -0.05) is 18.2 Å². The number of thiocarbonyl (C=S) groups is 1. The maximum atomic E-state index is 12.3. The smallest absolute Gasteiger partial charge is 0.293 e. The predicted octanol–water partition coefficient (Wildman–Crippen LogP) is 4.78. The zero-order chi connectivity index (χ0) is 17.3. The van der Waals surface area contributed by atoms with E-state index in [1.807, 2.05) is 44.2 Å². The van der Waals surface area contributed by atoms with Gasteiger partial charge in [0.05, 0.1) is 0 Å². The molecule has 0 aliphatic rings. The van der Waals surface area contributed by atoms with Crippen molar-refractivity contribution < 1.29 is 9.21 Å². The first-order chi connectivity index (χ1) is 11.4. The molecule has 1 amide bonds. The van der Waals surface area contributed by atoms with Gasteiger partial charge in [0.25, 0.3) is 5.91 Å². The van der Waals surface area contributed by atoms with Gasteiger partial charge in [-0.15, -0.1) is 0 Å². The first kappa shape index (κ1) is 16.9. The number of amides is 1. The van der Waals surface area contributed by atoms with Gasteiger partial charge in [0, 0.05) is 14.6 Å². The average Bonchev–Trinajstić information content (AvgIpc) is 2.96. The number of aryl methyl sites for hydroxylation is 2. The summed E-state index contributed by atoms with van der Waals surface area (Å²) in [6.07, 6.45) is 0. The molecule has 0 saturated heterocycles. The van der Waals surface area contributed by atoms with E-state index < -0.39 is 0 Å². The van der Waals surface area contributed by atoms with Crippen LogP contribution in [0.25, 0.3) is 11.0 Å². The Morgan fingerprint density at radius 2 is 1.88 bits per heavy atom. The van der Waals surface area contributed by atoms with E-state index in [0.29, 0.717) is 5.58 Å². The predicted molar refractivity (Wildman–Crippen MR) is 109 cm³/mol. The van der Waals surface area contributed by atoms with Crippen LogP contribution in [0.2, 0.25) is 0 Å². The second-order valence-corrected chi connectivity index (χ2v) is 7.04. The summed E-state index contributed by atoms with van der Waals surface area (Å²) < 4.78 is 6.73. The molecule has 0 saturated carbocycles. The molecule has 6 heteroatoms. The van der Waals surface area contributed by atoms with Crippen LogP contribution in [-0.4, -0.2) is 11.0 Å². The number of hydrogen-bond donors (Lipinski definition) is 2. The number of carbonyl (C=O) groups is 1. The monoisotopic (exact) mass is 450 g/mol. The van der Waals surface area contributed by atoms with E-state index in [4.69, 9.17) is 16.6 Å². The van der Waals surface area contributed by atoms with Crippen LogP contribution in [0.5, 0.6) is 0 Å². The van der Waals surface area contributed by atoms with Crippen molar-refractivity contribution in [2.45, 2.75) is 13.8 Å². The fourth-order valence-electron chi connectivity index (χ4n) is 2.33. The zero-order valence-corrected chi connectivity index (χ0v) is 16.1. The number of anilines is 1. The van der Waals surface area contributed by atoms with Crippen LogP contribution in [-0.2, 0) is 0 Å². The van der Waals surface area contributed by atoms with E-state index in [2.05, 4.69) is 39.3 Å². The van der Waals surface area contributed by atoms with Gasteiger partial charge in [-0.05, 0) is 84.0 Å². The molecule has 0 atom stereocenters. The van der Waals surface area contributed by atoms with Crippen LogP contribution in [0, 0.1) is 17.4 Å². The summed E-state index contributed by atoms with van der Waals surface area (Å²) in [7, 11) is 0. The molecule has 24 heavy (non-hydrogen) atoms. The van der Waals surface area contributed by atoms with Crippen LogP contribution in [0.15, 0.2) is 46.9 Å². The minimum absolute atomic E-state index is 0.232. The maximum Gasteiger partial charge on any atom is 0.293 e. The standard InChI is InChI=1S/C18H15IN2O2S/c1-10-8-14(11(2)7-13(10)19)20-18(24)21-17(22)16-9-12-5-3-4-6-15(12)23-16/h3-9H,1-2H3,(H2,20,21,22,24). The first-order valence-corrected chi connectivity index (χ1v) is 8.80. The quantitative estimate of drug-likeness (QED) is 0.436. The van der Waals surface area contributed by atoms with E-state index in [-0.39, 0.29) is 16.8 Å². The second-order valence-electron chi connectivity index (χ2n) is 5.47. The molecule has 2 aromatic carbocycles. The van der Waals surface area contributed by atoms with Crippen LogP contribution in [0.3, 0.4) is 0 Å². The lowest BCUT2D eigenvalue weighted by molar-refractivity contribution is 0.0953. The summed E-state index contributed by atoms with van der Waals surface area (Å²) in [4.78, 5) is 12.3. The summed E-state index contributed by atoms with van der Waals surface area (Å²) in [6.45, 7) is 4.02. The number of benzene rings is 2. The Morgan fingerprint density at radius 1 is 1.12 bits per heavy atom. The number of nitrogens with one attached hydrogen (secondary N) is 2. The molecule has 1 heterocycles. The van der Waals surface area contributed by atoms with E-state index in [0.717, 1.165) is 22.2 Å². The van der Waals surface area contributed by atoms with Crippen molar-refractivity contribution in [1.82, 2.24) is 5.32 Å². The Balaban J connectivity index is 1.72. The van der Waals surface area contributed by atoms with Crippen molar-refractivity contribution in [2.24, 2.45) is 0 Å². The summed E-state index contributed by atoms with van der Waals surface area (Å²) in [6, 6.07) is 13.3. The molecular weight excluding hydrogens is 435 g/mol. The molecule has 1 aromatic heterocycles. The van der Waals surface area contributed by atoms with Crippen LogP contribution in [0.4, 0.5) is 5.69 Å². The lowest BCUT2D eigenvalue weighted by Gasteiger charge is -2.12. The molecule has 4 nitrogen and oxygen atoms in total. The van der Waals surface area contributed by atoms with Gasteiger partial charge in [-0.3, -0.25) is 10.1 Å². The second kappa shape index (κ2) is 6.90. The van der Waals surface area contributed by atoms with Gasteiger partial charge < -0.3 is 9.73 Å². The number of carbonyl (C=O) groups excluding carboxylic acids is 1. The third kappa shape index (κ3) is 3.59. The maximum absolute atomic E-state index is 12.3. The Labute approximate surface area is 158 Å².